The molecule has 6 aliphatic carbocycles. The average Bonchev–Trinajstić information content (AvgIpc) is 3.89. The second-order valence-electron chi connectivity index (χ2n) is 13.6. The van der Waals surface area contributed by atoms with Crippen molar-refractivity contribution in [3.8, 4) is 11.4 Å². The number of ether oxygens (including phenoxy) is 1. The van der Waals surface area contributed by atoms with Crippen LogP contribution in [0.2, 0.25) is 0 Å². The zero-order valence-corrected chi connectivity index (χ0v) is 22.4. The van der Waals surface area contributed by atoms with Gasteiger partial charge in [0.2, 0.25) is 17.6 Å². The van der Waals surface area contributed by atoms with Gasteiger partial charge in [-0.2, -0.15) is 9.97 Å². The largest absolute Gasteiger partial charge is 0.364 e. The van der Waals surface area contributed by atoms with Gasteiger partial charge < -0.3 is 18.7 Å². The van der Waals surface area contributed by atoms with E-state index in [9.17, 15) is 9.18 Å². The number of carbonyl (C=O) groups is 1. The molecule has 2 saturated heterocycles. The number of hydrogen-bond acceptors (Lipinski definition) is 8. The second-order valence-corrected chi connectivity index (χ2v) is 13.6. The second kappa shape index (κ2) is 7.78. The van der Waals surface area contributed by atoms with Gasteiger partial charge in [-0.25, -0.2) is 4.39 Å². The highest BCUT2D eigenvalue weighted by Gasteiger charge is 2.73. The lowest BCUT2D eigenvalue weighted by atomic mass is 9.41. The van der Waals surface area contributed by atoms with Crippen molar-refractivity contribution in [2.75, 3.05) is 18.1 Å². The van der Waals surface area contributed by atoms with Gasteiger partial charge in [0, 0.05) is 35.0 Å². The third kappa shape index (κ3) is 3.50. The van der Waals surface area contributed by atoms with Crippen LogP contribution < -0.4 is 4.90 Å². The summed E-state index contributed by atoms with van der Waals surface area (Å²) >= 11 is 0. The van der Waals surface area contributed by atoms with Crippen LogP contribution >= 0.6 is 0 Å². The van der Waals surface area contributed by atoms with Crippen molar-refractivity contribution in [2.24, 2.45) is 10.8 Å². The highest BCUT2D eigenvalue weighted by atomic mass is 19.1. The molecular weight excluding hydrogens is 513 g/mol. The Morgan fingerprint density at radius 2 is 1.75 bits per heavy atom. The maximum absolute atomic E-state index is 14.5. The Morgan fingerprint density at radius 1 is 0.975 bits per heavy atom. The fraction of sp³-hybridized carbons (Fsp3) is 0.633. The first-order valence-corrected chi connectivity index (χ1v) is 14.8. The number of benzene rings is 1. The minimum Gasteiger partial charge on any atom is -0.364 e. The van der Waals surface area contributed by atoms with Crippen LogP contribution in [-0.2, 0) is 15.1 Å². The molecule has 0 spiro atoms. The van der Waals surface area contributed by atoms with Crippen molar-refractivity contribution in [1.29, 1.82) is 0 Å². The first-order valence-electron chi connectivity index (χ1n) is 14.8. The van der Waals surface area contributed by atoms with Gasteiger partial charge in [0.25, 0.3) is 5.89 Å². The molecule has 2 aliphatic heterocycles. The quantitative estimate of drug-likeness (QED) is 0.361. The maximum atomic E-state index is 14.5. The molecule has 40 heavy (non-hydrogen) atoms. The number of carbonyl (C=O) groups excluding carboxylic acids is 1. The lowest BCUT2D eigenvalue weighted by Gasteiger charge is -2.65. The van der Waals surface area contributed by atoms with Crippen molar-refractivity contribution in [3.63, 3.8) is 0 Å². The number of rotatable bonds is 8. The van der Waals surface area contributed by atoms with E-state index in [2.05, 4.69) is 15.3 Å². The lowest BCUT2D eigenvalue weighted by molar-refractivity contribution is -0.214. The van der Waals surface area contributed by atoms with Gasteiger partial charge in [0.15, 0.2) is 5.82 Å². The van der Waals surface area contributed by atoms with Gasteiger partial charge in [-0.15, -0.1) is 0 Å². The molecule has 1 amide bonds. The number of halogens is 1. The normalized spacial score (nSPS) is 35.7. The highest BCUT2D eigenvalue weighted by molar-refractivity contribution is 6.00. The van der Waals surface area contributed by atoms with E-state index >= 15 is 0 Å². The Balaban J connectivity index is 0.997. The number of amides is 1. The summed E-state index contributed by atoms with van der Waals surface area (Å²) < 4.78 is 32.3. The van der Waals surface area contributed by atoms with Crippen molar-refractivity contribution < 1.29 is 23.0 Å². The van der Waals surface area contributed by atoms with Crippen molar-refractivity contribution in [2.45, 2.75) is 93.7 Å². The molecular formula is C30H32FN5O4. The predicted octanol–water partition coefficient (Wildman–Crippen LogP) is 5.59. The van der Waals surface area contributed by atoms with Crippen LogP contribution in [0, 0.1) is 10.8 Å². The van der Waals surface area contributed by atoms with Crippen LogP contribution in [0.3, 0.4) is 0 Å². The smallest absolute Gasteiger partial charge is 0.258 e. The van der Waals surface area contributed by atoms with Gasteiger partial charge in [-0.05, 0) is 82.8 Å². The number of alkyl halides is 1. The van der Waals surface area contributed by atoms with Crippen LogP contribution in [0.15, 0.2) is 33.3 Å². The molecule has 0 unspecified atom stereocenters. The van der Waals surface area contributed by atoms with E-state index < -0.39 is 16.7 Å². The molecule has 3 aromatic rings. The Bertz CT molecular complexity index is 1480. The zero-order valence-electron chi connectivity index (χ0n) is 22.4. The summed E-state index contributed by atoms with van der Waals surface area (Å²) in [5.74, 6) is 3.47. The van der Waals surface area contributed by atoms with Crippen LogP contribution in [0.25, 0.3) is 11.4 Å². The van der Waals surface area contributed by atoms with Crippen LogP contribution in [0.4, 0.5) is 10.1 Å². The number of aromatic nitrogens is 4. The summed E-state index contributed by atoms with van der Waals surface area (Å²) in [6, 6.07) is 7.82. The van der Waals surface area contributed by atoms with E-state index in [-0.39, 0.29) is 11.3 Å². The maximum Gasteiger partial charge on any atom is 0.258 e. The summed E-state index contributed by atoms with van der Waals surface area (Å²) in [5.41, 5.74) is -0.830. The number of fused-ring (bicyclic) bond motifs is 3. The zero-order chi connectivity index (χ0) is 26.7. The third-order valence-electron chi connectivity index (χ3n) is 10.5. The Morgan fingerprint density at radius 3 is 2.42 bits per heavy atom. The van der Waals surface area contributed by atoms with Crippen LogP contribution in [0.5, 0.6) is 0 Å². The molecule has 0 N–H and O–H groups in total. The van der Waals surface area contributed by atoms with Gasteiger partial charge >= 0.3 is 0 Å². The van der Waals surface area contributed by atoms with E-state index in [1.54, 1.807) is 0 Å². The molecule has 4 bridgehead atoms. The summed E-state index contributed by atoms with van der Waals surface area (Å²) in [6.07, 6.45) is 8.78. The van der Waals surface area contributed by atoms with Crippen LogP contribution in [0.1, 0.15) is 100 Å². The minimum absolute atomic E-state index is 0.0266. The molecule has 10 heteroatoms. The minimum atomic E-state index is -1.15. The summed E-state index contributed by atoms with van der Waals surface area (Å²) in [4.78, 5) is 25.4. The van der Waals surface area contributed by atoms with E-state index in [4.69, 9.17) is 18.8 Å². The number of hydrogen-bond donors (Lipinski definition) is 0. The molecule has 8 aliphatic rings. The molecule has 9 nitrogen and oxygen atoms in total. The molecule has 0 atom stereocenters. The monoisotopic (exact) mass is 545 g/mol. The van der Waals surface area contributed by atoms with E-state index in [0.717, 1.165) is 68.4 Å². The van der Waals surface area contributed by atoms with Gasteiger partial charge in [0.05, 0.1) is 12.0 Å². The molecule has 8 fully saturated rings. The molecule has 11 rings (SSSR count). The standard InChI is InChI=1S/C30H32FN5O4/c31-29-13-28(14-29,15-29)26(37)36(21-3-1-2-20(12-21)23-32-24(39-34-23)19-6-7-19)16-27-8-10-30(11-9-27,38-17-27)25-33-22(35-40-25)18-4-5-18/h1-3,12,18-19H,4-11,13-17H2. The van der Waals surface area contributed by atoms with Crippen molar-refractivity contribution in [3.05, 3.63) is 41.9 Å². The van der Waals surface area contributed by atoms with Gasteiger partial charge in [0.1, 0.15) is 11.3 Å². The fourth-order valence-corrected chi connectivity index (χ4v) is 7.63. The lowest BCUT2D eigenvalue weighted by Crippen LogP contribution is -2.71. The highest BCUT2D eigenvalue weighted by Crippen LogP contribution is 2.70. The molecule has 2 aromatic heterocycles. The molecule has 6 saturated carbocycles. The van der Waals surface area contributed by atoms with E-state index in [1.165, 1.54) is 0 Å². The summed E-state index contributed by atoms with van der Waals surface area (Å²) in [5, 5.41) is 8.44. The Labute approximate surface area is 230 Å². The predicted molar refractivity (Wildman–Crippen MR) is 139 cm³/mol. The molecule has 4 heterocycles. The van der Waals surface area contributed by atoms with Crippen molar-refractivity contribution >= 4 is 11.6 Å². The van der Waals surface area contributed by atoms with Crippen LogP contribution in [-0.4, -0.2) is 45.0 Å². The SMILES string of the molecule is O=C(N(CC12CCC(c3nc(C4CC4)no3)(CC1)OC2)c1cccc(-c2noc(C3CC3)n2)c1)C12CC(F)(C1)C2. The number of nitrogens with zero attached hydrogens (tertiary/aromatic N) is 5. The molecule has 208 valence electrons. The van der Waals surface area contributed by atoms with E-state index in [1.807, 2.05) is 29.2 Å². The topological polar surface area (TPSA) is 107 Å². The average molecular weight is 546 g/mol. The number of anilines is 1. The summed E-state index contributed by atoms with van der Waals surface area (Å²) in [6.45, 7) is 1.05. The fourth-order valence-electron chi connectivity index (χ4n) is 7.63. The first kappa shape index (κ1) is 23.6. The van der Waals surface area contributed by atoms with Gasteiger partial charge in [-0.3, -0.25) is 4.79 Å². The van der Waals surface area contributed by atoms with Gasteiger partial charge in [-0.1, -0.05) is 22.4 Å². The Kier molecular flexibility index (Phi) is 4.58. The third-order valence-corrected chi connectivity index (χ3v) is 10.5. The van der Waals surface area contributed by atoms with Crippen molar-refractivity contribution in [1.82, 2.24) is 20.3 Å². The Hall–Kier alpha value is -3.14. The van der Waals surface area contributed by atoms with E-state index in [0.29, 0.717) is 61.9 Å². The molecule has 0 radical (unpaired) electrons. The summed E-state index contributed by atoms with van der Waals surface area (Å²) in [7, 11) is 0. The first-order chi connectivity index (χ1) is 19.4. The molecule has 1 aromatic carbocycles.